The third-order valence-corrected chi connectivity index (χ3v) is 5.12. The van der Waals surface area contributed by atoms with Gasteiger partial charge in [-0.25, -0.2) is 12.7 Å². The summed E-state index contributed by atoms with van der Waals surface area (Å²) in [5, 5.41) is 0. The number of hydrogen-bond acceptors (Lipinski definition) is 3. The normalized spacial score (nSPS) is 27.4. The maximum Gasteiger partial charge on any atom is 0.211 e. The quantitative estimate of drug-likeness (QED) is 0.582. The predicted molar refractivity (Wildman–Crippen MR) is 76.4 cm³/mol. The third kappa shape index (κ3) is 3.82. The van der Waals surface area contributed by atoms with Crippen LogP contribution in [0.1, 0.15) is 19.8 Å². The molecule has 0 amide bonds. The Bertz CT molecular complexity index is 443. The number of guanidine groups is 1. The minimum atomic E-state index is -3.02. The van der Waals surface area contributed by atoms with Crippen LogP contribution in [0.2, 0.25) is 0 Å². The molecule has 2 aliphatic heterocycles. The summed E-state index contributed by atoms with van der Waals surface area (Å²) >= 11 is 0. The Morgan fingerprint density at radius 1 is 1.37 bits per heavy atom. The van der Waals surface area contributed by atoms with Crippen LogP contribution in [0.4, 0.5) is 0 Å². The summed E-state index contributed by atoms with van der Waals surface area (Å²) in [4.78, 5) is 6.56. The number of aliphatic imine (C=N–C) groups is 1. The molecule has 0 saturated carbocycles. The van der Waals surface area contributed by atoms with Crippen LogP contribution in [-0.2, 0) is 10.0 Å². The molecule has 19 heavy (non-hydrogen) atoms. The predicted octanol–water partition coefficient (Wildman–Crippen LogP) is -0.0756. The SMILES string of the molecule is CC1CCCN(C(N)=NCC2CN(S(C)(=O)=O)C2)C1. The van der Waals surface area contributed by atoms with Crippen molar-refractivity contribution in [2.75, 3.05) is 39.0 Å². The lowest BCUT2D eigenvalue weighted by atomic mass is 10.0. The van der Waals surface area contributed by atoms with Gasteiger partial charge in [0.2, 0.25) is 10.0 Å². The van der Waals surface area contributed by atoms with E-state index in [2.05, 4.69) is 16.8 Å². The molecule has 1 atom stereocenters. The average Bonchev–Trinajstić information content (AvgIpc) is 2.24. The van der Waals surface area contributed by atoms with Crippen LogP contribution in [0, 0.1) is 11.8 Å². The van der Waals surface area contributed by atoms with Gasteiger partial charge in [0.25, 0.3) is 0 Å². The Morgan fingerprint density at radius 2 is 2.05 bits per heavy atom. The fraction of sp³-hybridized carbons (Fsp3) is 0.917. The van der Waals surface area contributed by atoms with Gasteiger partial charge in [-0.2, -0.15) is 0 Å². The van der Waals surface area contributed by atoms with Gasteiger partial charge in [-0.3, -0.25) is 4.99 Å². The maximum absolute atomic E-state index is 11.2. The van der Waals surface area contributed by atoms with Crippen molar-refractivity contribution in [2.24, 2.45) is 22.6 Å². The van der Waals surface area contributed by atoms with Crippen molar-refractivity contribution in [3.8, 4) is 0 Å². The summed E-state index contributed by atoms with van der Waals surface area (Å²) in [7, 11) is -3.02. The summed E-state index contributed by atoms with van der Waals surface area (Å²) in [6.45, 7) is 5.98. The highest BCUT2D eigenvalue weighted by Crippen LogP contribution is 2.19. The molecule has 0 spiro atoms. The first-order valence-electron chi connectivity index (χ1n) is 6.86. The Labute approximate surface area is 115 Å². The van der Waals surface area contributed by atoms with Crippen molar-refractivity contribution in [2.45, 2.75) is 19.8 Å². The van der Waals surface area contributed by atoms with Crippen LogP contribution in [0.3, 0.4) is 0 Å². The van der Waals surface area contributed by atoms with Crippen molar-refractivity contribution >= 4 is 16.0 Å². The summed E-state index contributed by atoms with van der Waals surface area (Å²) in [6.07, 6.45) is 3.67. The fourth-order valence-corrected chi connectivity index (χ4v) is 3.59. The van der Waals surface area contributed by atoms with E-state index in [4.69, 9.17) is 5.73 Å². The zero-order valence-electron chi connectivity index (χ0n) is 11.7. The number of nitrogens with zero attached hydrogens (tertiary/aromatic N) is 3. The average molecular weight is 288 g/mol. The van der Waals surface area contributed by atoms with E-state index in [0.29, 0.717) is 37.4 Å². The standard InChI is InChI=1S/C12H24N4O2S/c1-10-4-3-5-15(7-10)12(13)14-6-11-8-16(9-11)19(2,17)18/h10-11H,3-9H2,1-2H3,(H2,13,14). The molecule has 2 saturated heterocycles. The first-order chi connectivity index (χ1) is 8.86. The van der Waals surface area contributed by atoms with E-state index in [0.717, 1.165) is 13.1 Å². The molecule has 6 nitrogen and oxygen atoms in total. The van der Waals surface area contributed by atoms with Crippen LogP contribution in [0.5, 0.6) is 0 Å². The lowest BCUT2D eigenvalue weighted by Gasteiger charge is -2.37. The smallest absolute Gasteiger partial charge is 0.211 e. The van der Waals surface area contributed by atoms with Gasteiger partial charge in [0.1, 0.15) is 0 Å². The number of rotatable bonds is 3. The minimum Gasteiger partial charge on any atom is -0.370 e. The second-order valence-electron chi connectivity index (χ2n) is 5.84. The Balaban J connectivity index is 1.77. The lowest BCUT2D eigenvalue weighted by Crippen LogP contribution is -2.51. The topological polar surface area (TPSA) is 79.0 Å². The molecule has 0 aromatic heterocycles. The lowest BCUT2D eigenvalue weighted by molar-refractivity contribution is 0.207. The molecule has 2 N–H and O–H groups in total. The fourth-order valence-electron chi connectivity index (χ4n) is 2.63. The highest BCUT2D eigenvalue weighted by Gasteiger charge is 2.32. The Hall–Kier alpha value is -0.820. The number of sulfonamides is 1. The summed E-state index contributed by atoms with van der Waals surface area (Å²) < 4.78 is 24.0. The van der Waals surface area contributed by atoms with Crippen LogP contribution in [0.15, 0.2) is 4.99 Å². The van der Waals surface area contributed by atoms with E-state index in [1.807, 2.05) is 0 Å². The summed E-state index contributed by atoms with van der Waals surface area (Å²) in [5.74, 6) is 1.60. The van der Waals surface area contributed by atoms with Gasteiger partial charge in [-0.05, 0) is 18.8 Å². The number of nitrogens with two attached hydrogens (primary N) is 1. The monoisotopic (exact) mass is 288 g/mol. The van der Waals surface area contributed by atoms with E-state index in [1.54, 1.807) is 0 Å². The number of likely N-dealkylation sites (tertiary alicyclic amines) is 1. The highest BCUT2D eigenvalue weighted by atomic mass is 32.2. The Kier molecular flexibility index (Phi) is 4.35. The van der Waals surface area contributed by atoms with Crippen LogP contribution in [0.25, 0.3) is 0 Å². The van der Waals surface area contributed by atoms with Crippen molar-refractivity contribution in [1.82, 2.24) is 9.21 Å². The molecule has 2 aliphatic rings. The van der Waals surface area contributed by atoms with E-state index in [9.17, 15) is 8.42 Å². The molecule has 0 aromatic carbocycles. The molecule has 2 heterocycles. The molecule has 110 valence electrons. The first kappa shape index (κ1) is 14.6. The second-order valence-corrected chi connectivity index (χ2v) is 7.82. The maximum atomic E-state index is 11.2. The molecule has 0 radical (unpaired) electrons. The van der Waals surface area contributed by atoms with E-state index in [-0.39, 0.29) is 0 Å². The molecule has 0 aromatic rings. The molecule has 0 aliphatic carbocycles. The number of piperidine rings is 1. The molecule has 2 rings (SSSR count). The Morgan fingerprint density at radius 3 is 2.63 bits per heavy atom. The molecular weight excluding hydrogens is 264 g/mol. The van der Waals surface area contributed by atoms with E-state index >= 15 is 0 Å². The molecule has 7 heteroatoms. The van der Waals surface area contributed by atoms with E-state index in [1.165, 1.54) is 23.4 Å². The van der Waals surface area contributed by atoms with Gasteiger partial charge in [0.15, 0.2) is 5.96 Å². The van der Waals surface area contributed by atoms with Gasteiger partial charge in [0.05, 0.1) is 6.26 Å². The van der Waals surface area contributed by atoms with Crippen molar-refractivity contribution in [3.05, 3.63) is 0 Å². The summed E-state index contributed by atoms with van der Waals surface area (Å²) in [5.41, 5.74) is 6.00. The van der Waals surface area contributed by atoms with Crippen LogP contribution >= 0.6 is 0 Å². The third-order valence-electron chi connectivity index (χ3n) is 3.89. The largest absolute Gasteiger partial charge is 0.370 e. The van der Waals surface area contributed by atoms with Gasteiger partial charge in [-0.15, -0.1) is 0 Å². The molecular formula is C12H24N4O2S. The van der Waals surface area contributed by atoms with Gasteiger partial charge >= 0.3 is 0 Å². The zero-order valence-corrected chi connectivity index (χ0v) is 12.6. The van der Waals surface area contributed by atoms with E-state index < -0.39 is 10.0 Å². The van der Waals surface area contributed by atoms with Crippen molar-refractivity contribution in [3.63, 3.8) is 0 Å². The molecule has 1 unspecified atom stereocenters. The van der Waals surface area contributed by atoms with Gasteiger partial charge < -0.3 is 10.6 Å². The zero-order chi connectivity index (χ0) is 14.0. The van der Waals surface area contributed by atoms with Gasteiger partial charge in [-0.1, -0.05) is 6.92 Å². The summed E-state index contributed by atoms with van der Waals surface area (Å²) in [6, 6.07) is 0. The molecule has 2 fully saturated rings. The number of hydrogen-bond donors (Lipinski definition) is 1. The second kappa shape index (κ2) is 5.66. The highest BCUT2D eigenvalue weighted by molar-refractivity contribution is 7.88. The van der Waals surface area contributed by atoms with Crippen LogP contribution in [-0.4, -0.2) is 62.6 Å². The van der Waals surface area contributed by atoms with Crippen molar-refractivity contribution in [1.29, 1.82) is 0 Å². The van der Waals surface area contributed by atoms with Crippen LogP contribution < -0.4 is 5.73 Å². The van der Waals surface area contributed by atoms with Gasteiger partial charge in [0, 0.05) is 38.6 Å². The first-order valence-corrected chi connectivity index (χ1v) is 8.71. The minimum absolute atomic E-state index is 0.315. The van der Waals surface area contributed by atoms with Crippen molar-refractivity contribution < 1.29 is 8.42 Å². The molecule has 0 bridgehead atoms.